The summed E-state index contributed by atoms with van der Waals surface area (Å²) in [5.41, 5.74) is 0. The van der Waals surface area contributed by atoms with Crippen LogP contribution in [0.25, 0.3) is 0 Å². The van der Waals surface area contributed by atoms with E-state index in [9.17, 15) is 0 Å². The molecule has 0 spiro atoms. The summed E-state index contributed by atoms with van der Waals surface area (Å²) in [7, 11) is 0. The molecule has 1 aliphatic rings. The third-order valence-electron chi connectivity index (χ3n) is 1.25. The Kier molecular flexibility index (Phi) is 3.52. The van der Waals surface area contributed by atoms with E-state index in [-0.39, 0.29) is 0 Å². The molecule has 1 fully saturated rings. The predicted molar refractivity (Wildman–Crippen MR) is 56.6 cm³/mol. The quantitative estimate of drug-likeness (QED) is 0.616. The molecule has 1 atom stereocenters. The minimum absolute atomic E-state index is 0.425. The summed E-state index contributed by atoms with van der Waals surface area (Å²) in [5, 5.41) is 0.581. The largest absolute Gasteiger partial charge is 0.269 e. The molecule has 0 saturated carbocycles. The fourth-order valence-corrected chi connectivity index (χ4v) is 3.42. The zero-order valence-electron chi connectivity index (χ0n) is 6.91. The summed E-state index contributed by atoms with van der Waals surface area (Å²) in [6.45, 7) is 7.98. The first-order valence-electron chi connectivity index (χ1n) is 3.72. The van der Waals surface area contributed by atoms with Crippen LogP contribution in [-0.4, -0.2) is 21.4 Å². The van der Waals surface area contributed by atoms with Crippen LogP contribution in [0.2, 0.25) is 0 Å². The van der Waals surface area contributed by atoms with Crippen LogP contribution in [0.5, 0.6) is 0 Å². The second-order valence-corrected chi connectivity index (χ2v) is 5.19. The smallest absolute Gasteiger partial charge is 0.125 e. The van der Waals surface area contributed by atoms with Gasteiger partial charge in [0, 0.05) is 17.0 Å². The van der Waals surface area contributed by atoms with E-state index in [0.29, 0.717) is 11.3 Å². The van der Waals surface area contributed by atoms with Gasteiger partial charge in [0.15, 0.2) is 0 Å². The van der Waals surface area contributed by atoms with Crippen LogP contribution in [0.1, 0.15) is 13.8 Å². The summed E-state index contributed by atoms with van der Waals surface area (Å²) in [4.78, 5) is 4.47. The molecule has 0 aromatic heterocycles. The Morgan fingerprint density at radius 1 is 1.73 bits per heavy atom. The standard InChI is InChI=1S/C8H13NS2/c1-4-7-5-10-8(11-7)9-6(2)3/h4,6-7H,1,5H2,2-3H3. The third kappa shape index (κ3) is 2.91. The van der Waals surface area contributed by atoms with Gasteiger partial charge in [0.1, 0.15) is 4.38 Å². The summed E-state index contributed by atoms with van der Waals surface area (Å²) in [5.74, 6) is 1.14. The molecular weight excluding hydrogens is 174 g/mol. The molecule has 1 nitrogen and oxygen atoms in total. The van der Waals surface area contributed by atoms with Crippen LogP contribution in [0.3, 0.4) is 0 Å². The molecule has 0 N–H and O–H groups in total. The Bertz CT molecular complexity index is 175. The van der Waals surface area contributed by atoms with Gasteiger partial charge in [-0.15, -0.1) is 6.58 Å². The Morgan fingerprint density at radius 3 is 2.91 bits per heavy atom. The van der Waals surface area contributed by atoms with Gasteiger partial charge < -0.3 is 0 Å². The molecular formula is C8H13NS2. The number of rotatable bonds is 2. The van der Waals surface area contributed by atoms with Crippen molar-refractivity contribution in [2.75, 3.05) is 5.75 Å². The van der Waals surface area contributed by atoms with Gasteiger partial charge in [0.2, 0.25) is 0 Å². The molecule has 0 amide bonds. The van der Waals surface area contributed by atoms with Crippen molar-refractivity contribution < 1.29 is 0 Å². The maximum absolute atomic E-state index is 4.47. The first-order chi connectivity index (χ1) is 5.22. The molecule has 1 rings (SSSR count). The minimum Gasteiger partial charge on any atom is -0.269 e. The lowest BCUT2D eigenvalue weighted by atomic mass is 10.4. The molecule has 11 heavy (non-hydrogen) atoms. The maximum Gasteiger partial charge on any atom is 0.125 e. The lowest BCUT2D eigenvalue weighted by Crippen LogP contribution is -1.93. The van der Waals surface area contributed by atoms with Crippen LogP contribution < -0.4 is 0 Å². The Balaban J connectivity index is 2.47. The van der Waals surface area contributed by atoms with Gasteiger partial charge in [-0.2, -0.15) is 0 Å². The zero-order valence-corrected chi connectivity index (χ0v) is 8.54. The van der Waals surface area contributed by atoms with Crippen LogP contribution in [-0.2, 0) is 0 Å². The van der Waals surface area contributed by atoms with Crippen molar-refractivity contribution in [3.05, 3.63) is 12.7 Å². The van der Waals surface area contributed by atoms with Gasteiger partial charge in [0.25, 0.3) is 0 Å². The van der Waals surface area contributed by atoms with Gasteiger partial charge in [-0.05, 0) is 13.8 Å². The molecule has 0 bridgehead atoms. The molecule has 0 aromatic carbocycles. The van der Waals surface area contributed by atoms with Crippen molar-refractivity contribution in [1.29, 1.82) is 0 Å². The topological polar surface area (TPSA) is 12.4 Å². The first-order valence-corrected chi connectivity index (χ1v) is 5.58. The van der Waals surface area contributed by atoms with E-state index in [1.165, 1.54) is 4.38 Å². The van der Waals surface area contributed by atoms with Crippen molar-refractivity contribution >= 4 is 27.9 Å². The van der Waals surface area contributed by atoms with Crippen LogP contribution in [0.4, 0.5) is 0 Å². The van der Waals surface area contributed by atoms with Crippen molar-refractivity contribution in [3.63, 3.8) is 0 Å². The molecule has 0 radical (unpaired) electrons. The van der Waals surface area contributed by atoms with E-state index in [1.807, 2.05) is 29.6 Å². The molecule has 1 aliphatic heterocycles. The van der Waals surface area contributed by atoms with E-state index in [0.717, 1.165) is 5.75 Å². The Hall–Kier alpha value is 0.110. The molecule has 3 heteroatoms. The van der Waals surface area contributed by atoms with Gasteiger partial charge in [-0.25, -0.2) is 0 Å². The van der Waals surface area contributed by atoms with Crippen LogP contribution in [0, 0.1) is 0 Å². The molecule has 0 aliphatic carbocycles. The summed E-state index contributed by atoms with van der Waals surface area (Å²) in [6.07, 6.45) is 2.00. The normalized spacial score (nSPS) is 28.3. The van der Waals surface area contributed by atoms with Crippen molar-refractivity contribution in [1.82, 2.24) is 0 Å². The SMILES string of the molecule is C=CC1CSC(=NC(C)C)S1. The summed E-state index contributed by atoms with van der Waals surface area (Å²) >= 11 is 3.68. The monoisotopic (exact) mass is 187 g/mol. The highest BCUT2D eigenvalue weighted by atomic mass is 32.2. The van der Waals surface area contributed by atoms with E-state index in [2.05, 4.69) is 25.4 Å². The number of aliphatic imine (C=N–C) groups is 1. The third-order valence-corrected chi connectivity index (χ3v) is 3.95. The minimum atomic E-state index is 0.425. The van der Waals surface area contributed by atoms with Crippen molar-refractivity contribution in [2.45, 2.75) is 25.1 Å². The van der Waals surface area contributed by atoms with E-state index >= 15 is 0 Å². The fourth-order valence-electron chi connectivity index (χ4n) is 0.746. The van der Waals surface area contributed by atoms with E-state index in [1.54, 1.807) is 0 Å². The van der Waals surface area contributed by atoms with Gasteiger partial charge in [-0.3, -0.25) is 4.99 Å². The average molecular weight is 187 g/mol. The van der Waals surface area contributed by atoms with Crippen LogP contribution >= 0.6 is 23.5 Å². The van der Waals surface area contributed by atoms with E-state index in [4.69, 9.17) is 0 Å². The molecule has 1 heterocycles. The lowest BCUT2D eigenvalue weighted by Gasteiger charge is -1.98. The number of thioether (sulfide) groups is 2. The van der Waals surface area contributed by atoms with E-state index < -0.39 is 0 Å². The highest BCUT2D eigenvalue weighted by Gasteiger charge is 2.19. The second kappa shape index (κ2) is 4.21. The van der Waals surface area contributed by atoms with Gasteiger partial charge >= 0.3 is 0 Å². The highest BCUT2D eigenvalue weighted by molar-refractivity contribution is 8.41. The lowest BCUT2D eigenvalue weighted by molar-refractivity contribution is 0.842. The Labute approximate surface area is 76.7 Å². The van der Waals surface area contributed by atoms with Gasteiger partial charge in [-0.1, -0.05) is 29.6 Å². The molecule has 0 aromatic rings. The van der Waals surface area contributed by atoms with Crippen LogP contribution in [0.15, 0.2) is 17.6 Å². The molecule has 1 saturated heterocycles. The zero-order chi connectivity index (χ0) is 8.27. The molecule has 1 unspecified atom stereocenters. The Morgan fingerprint density at radius 2 is 2.45 bits per heavy atom. The number of hydrogen-bond acceptors (Lipinski definition) is 3. The highest BCUT2D eigenvalue weighted by Crippen LogP contribution is 2.33. The average Bonchev–Trinajstić information content (AvgIpc) is 2.34. The number of nitrogens with zero attached hydrogens (tertiary/aromatic N) is 1. The van der Waals surface area contributed by atoms with Crippen molar-refractivity contribution in [2.24, 2.45) is 4.99 Å². The summed E-state index contributed by atoms with van der Waals surface area (Å²) < 4.78 is 1.23. The van der Waals surface area contributed by atoms with Crippen molar-refractivity contribution in [3.8, 4) is 0 Å². The maximum atomic E-state index is 4.47. The predicted octanol–water partition coefficient (Wildman–Crippen LogP) is 2.79. The number of hydrogen-bond donors (Lipinski definition) is 0. The first kappa shape index (κ1) is 9.20. The molecule has 62 valence electrons. The summed E-state index contributed by atoms with van der Waals surface area (Å²) in [6, 6.07) is 0.425. The van der Waals surface area contributed by atoms with Gasteiger partial charge in [0.05, 0.1) is 0 Å². The fraction of sp³-hybridized carbons (Fsp3) is 0.625. The second-order valence-electron chi connectivity index (χ2n) is 2.69.